The fraction of sp³-hybridized carbons (Fsp3) is 0.0448. The molecule has 0 bridgehead atoms. The summed E-state index contributed by atoms with van der Waals surface area (Å²) in [4.78, 5) is 0. The topological polar surface area (TPSA) is 26.3 Å². The van der Waals surface area contributed by atoms with Crippen molar-refractivity contribution in [1.82, 2.24) is 0 Å². The van der Waals surface area contributed by atoms with Crippen LogP contribution in [-0.2, 0) is 0 Å². The van der Waals surface area contributed by atoms with Crippen LogP contribution in [0.1, 0.15) is 24.5 Å². The van der Waals surface area contributed by atoms with E-state index in [-0.39, 0.29) is 0 Å². The molecule has 1 atom stereocenters. The second kappa shape index (κ2) is 16.3. The summed E-state index contributed by atoms with van der Waals surface area (Å²) in [6.07, 6.45) is 5.82. The van der Waals surface area contributed by atoms with E-state index in [9.17, 15) is 0 Å². The first-order valence-electron chi connectivity index (χ1n) is 24.2. The Kier molecular flexibility index (Phi) is 9.47. The average Bonchev–Trinajstić information content (AvgIpc) is 4.13. The molecule has 13 aromatic rings. The molecule has 0 fully saturated rings. The third-order valence-electron chi connectivity index (χ3n) is 14.5. The summed E-state index contributed by atoms with van der Waals surface area (Å²) in [5, 5.41) is 7.18. The Hall–Kier alpha value is -8.50. The van der Waals surface area contributed by atoms with Crippen molar-refractivity contribution in [2.45, 2.75) is 13.3 Å². The van der Waals surface area contributed by atoms with Gasteiger partial charge in [-0.25, -0.2) is 0 Å². The lowest BCUT2D eigenvalue weighted by atomic mass is 9.81. The van der Waals surface area contributed by atoms with E-state index in [0.717, 1.165) is 78.1 Å². The van der Waals surface area contributed by atoms with Gasteiger partial charge in [0, 0.05) is 52.8 Å². The van der Waals surface area contributed by atoms with Crippen LogP contribution in [0.25, 0.3) is 131 Å². The first-order chi connectivity index (χ1) is 34.6. The summed E-state index contributed by atoms with van der Waals surface area (Å²) in [6, 6.07) is 79.4. The molecule has 1 aliphatic carbocycles. The maximum Gasteiger partial charge on any atom is 0.143 e. The van der Waals surface area contributed by atoms with Crippen molar-refractivity contribution in [2.24, 2.45) is 5.92 Å². The Morgan fingerprint density at radius 2 is 0.829 bits per heavy atom. The minimum absolute atomic E-state index is 0.324. The number of hydrogen-bond donors (Lipinski definition) is 0. The Balaban J connectivity index is 0.887. The van der Waals surface area contributed by atoms with Gasteiger partial charge in [-0.05, 0) is 134 Å². The number of benzene rings is 10. The fourth-order valence-electron chi connectivity index (χ4n) is 11.0. The van der Waals surface area contributed by atoms with Crippen molar-refractivity contribution < 1.29 is 8.83 Å². The van der Waals surface area contributed by atoms with Gasteiger partial charge in [-0.1, -0.05) is 183 Å². The molecule has 330 valence electrons. The monoisotopic (exact) mass is 912 g/mol. The Morgan fingerprint density at radius 3 is 1.50 bits per heavy atom. The lowest BCUT2D eigenvalue weighted by Crippen LogP contribution is -2.04. The molecule has 3 aromatic heterocycles. The zero-order valence-electron chi connectivity index (χ0n) is 38.4. The molecule has 3 heteroatoms. The van der Waals surface area contributed by atoms with E-state index in [1.54, 1.807) is 0 Å². The molecule has 0 N–H and O–H groups in total. The number of fused-ring (bicyclic) bond motifs is 9. The van der Waals surface area contributed by atoms with Crippen molar-refractivity contribution in [1.29, 1.82) is 0 Å². The number of rotatable bonds is 7. The lowest BCUT2D eigenvalue weighted by Gasteiger charge is -2.23. The maximum absolute atomic E-state index is 6.50. The van der Waals surface area contributed by atoms with Crippen LogP contribution >= 0.6 is 11.3 Å². The highest BCUT2D eigenvalue weighted by Gasteiger charge is 2.21. The smallest absolute Gasteiger partial charge is 0.143 e. The number of allylic oxidation sites excluding steroid dienone is 4. The Morgan fingerprint density at radius 1 is 0.371 bits per heavy atom. The Labute approximate surface area is 409 Å². The highest BCUT2D eigenvalue weighted by molar-refractivity contribution is 7.26. The maximum atomic E-state index is 6.50. The van der Waals surface area contributed by atoms with Crippen LogP contribution in [0, 0.1) is 5.92 Å². The fourth-order valence-corrected chi connectivity index (χ4v) is 12.3. The number of hydrogen-bond acceptors (Lipinski definition) is 3. The number of furan rings is 2. The van der Waals surface area contributed by atoms with Crippen molar-refractivity contribution in [3.63, 3.8) is 0 Å². The van der Waals surface area contributed by atoms with Crippen molar-refractivity contribution in [3.8, 4) is 55.6 Å². The van der Waals surface area contributed by atoms with Gasteiger partial charge in [0.25, 0.3) is 0 Å². The Bertz CT molecular complexity index is 4300. The molecular formula is C67H44O2S. The van der Waals surface area contributed by atoms with Crippen molar-refractivity contribution in [2.75, 3.05) is 0 Å². The van der Waals surface area contributed by atoms with Gasteiger partial charge in [0.05, 0.1) is 0 Å². The third kappa shape index (κ3) is 6.76. The summed E-state index contributed by atoms with van der Waals surface area (Å²) in [7, 11) is 0. The zero-order chi connectivity index (χ0) is 46.3. The number of thiophene rings is 1. The molecular weight excluding hydrogens is 869 g/mol. The predicted octanol–water partition coefficient (Wildman–Crippen LogP) is 19.7. The van der Waals surface area contributed by atoms with Gasteiger partial charge in [-0.2, -0.15) is 0 Å². The van der Waals surface area contributed by atoms with E-state index in [1.165, 1.54) is 70.3 Å². The minimum atomic E-state index is 0.324. The molecule has 10 aromatic carbocycles. The predicted molar refractivity (Wildman–Crippen MR) is 297 cm³/mol. The van der Waals surface area contributed by atoms with E-state index in [0.29, 0.717) is 5.92 Å². The first-order valence-corrected chi connectivity index (χ1v) is 25.0. The molecule has 0 radical (unpaired) electrons. The first kappa shape index (κ1) is 40.6. The van der Waals surface area contributed by atoms with Crippen LogP contribution in [0.3, 0.4) is 0 Å². The minimum Gasteiger partial charge on any atom is -0.455 e. The summed E-state index contributed by atoms with van der Waals surface area (Å²) >= 11 is 1.89. The van der Waals surface area contributed by atoms with Gasteiger partial charge in [0.15, 0.2) is 0 Å². The van der Waals surface area contributed by atoms with E-state index in [4.69, 9.17) is 8.83 Å². The molecule has 1 aliphatic rings. The largest absolute Gasteiger partial charge is 0.455 e. The molecule has 0 saturated carbocycles. The summed E-state index contributed by atoms with van der Waals surface area (Å²) < 4.78 is 15.6. The highest BCUT2D eigenvalue weighted by atomic mass is 32.1. The third-order valence-corrected chi connectivity index (χ3v) is 15.8. The van der Waals surface area contributed by atoms with Crippen molar-refractivity contribution >= 4 is 86.5 Å². The van der Waals surface area contributed by atoms with Crippen LogP contribution in [0.4, 0.5) is 0 Å². The summed E-state index contributed by atoms with van der Waals surface area (Å²) in [5.41, 5.74) is 20.4. The van der Waals surface area contributed by atoms with Crippen LogP contribution in [-0.4, -0.2) is 0 Å². The van der Waals surface area contributed by atoms with Crippen LogP contribution in [0.5, 0.6) is 0 Å². The van der Waals surface area contributed by atoms with E-state index in [1.807, 2.05) is 23.5 Å². The normalized spacial score (nSPS) is 14.0. The standard InChI is InChI=1S/C67H44O2S/c1-41-32-33-46(44-16-10-19-48(36-44)53-24-12-27-59-56-21-3-6-30-63(56)69-66(53)59)40-61(41)51-38-49(37-50(39-51)54-25-13-28-60-57-22-4-7-31-64(57)70-67(54)60)45-17-8-14-42(34-45)43-15-9-18-47(35-43)52-23-11-26-58-55-20-2-5-29-62(55)68-65(52)58/h2-31,33-41H,32H2,1H3. The highest BCUT2D eigenvalue weighted by Crippen LogP contribution is 2.45. The molecule has 3 heterocycles. The van der Waals surface area contributed by atoms with Crippen molar-refractivity contribution in [3.05, 3.63) is 242 Å². The molecule has 70 heavy (non-hydrogen) atoms. The average molecular weight is 913 g/mol. The lowest BCUT2D eigenvalue weighted by molar-refractivity contribution is 0.669. The zero-order valence-corrected chi connectivity index (χ0v) is 39.3. The molecule has 0 amide bonds. The second-order valence-electron chi connectivity index (χ2n) is 18.8. The van der Waals surface area contributed by atoms with Crippen LogP contribution < -0.4 is 0 Å². The molecule has 14 rings (SSSR count). The van der Waals surface area contributed by atoms with E-state index < -0.39 is 0 Å². The summed E-state index contributed by atoms with van der Waals surface area (Å²) in [5.74, 6) is 0.324. The van der Waals surface area contributed by atoms with Crippen LogP contribution in [0.15, 0.2) is 239 Å². The second-order valence-corrected chi connectivity index (χ2v) is 19.8. The van der Waals surface area contributed by atoms with Gasteiger partial charge in [-0.15, -0.1) is 11.3 Å². The molecule has 0 saturated heterocycles. The van der Waals surface area contributed by atoms with Crippen LogP contribution in [0.2, 0.25) is 0 Å². The molecule has 1 unspecified atom stereocenters. The van der Waals surface area contributed by atoms with Gasteiger partial charge in [0.1, 0.15) is 22.3 Å². The van der Waals surface area contributed by atoms with Gasteiger partial charge < -0.3 is 8.83 Å². The SMILES string of the molecule is CC1CC=C(c2cccc(-c3cccc4c3oc3ccccc34)c2)C=C1c1cc(-c2cccc(-c3cccc(-c4cccc5c4oc4ccccc45)c3)c2)cc(-c2cccc3c2sc2ccccc23)c1. The number of para-hydroxylation sites is 4. The molecule has 0 spiro atoms. The van der Waals surface area contributed by atoms with Gasteiger partial charge in [-0.3, -0.25) is 0 Å². The van der Waals surface area contributed by atoms with Gasteiger partial charge >= 0.3 is 0 Å². The molecule has 0 aliphatic heterocycles. The molecule has 2 nitrogen and oxygen atoms in total. The quantitative estimate of drug-likeness (QED) is 0.159. The van der Waals surface area contributed by atoms with E-state index >= 15 is 0 Å². The summed E-state index contributed by atoms with van der Waals surface area (Å²) in [6.45, 7) is 2.37. The van der Waals surface area contributed by atoms with E-state index in [2.05, 4.69) is 225 Å². The van der Waals surface area contributed by atoms with Gasteiger partial charge in [0.2, 0.25) is 0 Å².